The number of fused-ring (bicyclic) bond motifs is 5. The summed E-state index contributed by atoms with van der Waals surface area (Å²) in [5.41, 5.74) is 1.06. The van der Waals surface area contributed by atoms with Crippen LogP contribution >= 0.6 is 0 Å². The van der Waals surface area contributed by atoms with E-state index in [1.807, 2.05) is 14.0 Å². The highest BCUT2D eigenvalue weighted by molar-refractivity contribution is 5.90. The van der Waals surface area contributed by atoms with Gasteiger partial charge in [0.05, 0.1) is 24.9 Å². The largest absolute Gasteiger partial charge is 0.458 e. The zero-order valence-corrected chi connectivity index (χ0v) is 27.5. The highest BCUT2D eigenvalue weighted by Crippen LogP contribution is 2.68. The predicted octanol–water partition coefficient (Wildman–Crippen LogP) is 2.92. The molecule has 254 valence electrons. The van der Waals surface area contributed by atoms with E-state index in [2.05, 4.69) is 20.8 Å². The monoisotopic (exact) mass is 634 g/mol. The van der Waals surface area contributed by atoms with Crippen LogP contribution in [0.3, 0.4) is 0 Å². The van der Waals surface area contributed by atoms with Gasteiger partial charge in [-0.2, -0.15) is 0 Å². The summed E-state index contributed by atoms with van der Waals surface area (Å²) < 4.78 is 23.4. The van der Waals surface area contributed by atoms with Gasteiger partial charge in [0.15, 0.2) is 6.29 Å². The molecule has 2 heterocycles. The number of carbonyl (C=O) groups is 2. The fourth-order valence-corrected chi connectivity index (χ4v) is 11.1. The Bertz CT molecular complexity index is 1170. The van der Waals surface area contributed by atoms with Crippen LogP contribution < -0.4 is 0 Å². The van der Waals surface area contributed by atoms with Crippen molar-refractivity contribution in [3.05, 3.63) is 11.1 Å². The maximum absolute atomic E-state index is 13.5. The zero-order valence-electron chi connectivity index (χ0n) is 27.5. The Kier molecular flexibility index (Phi) is 9.35. The Morgan fingerprint density at radius 3 is 2.47 bits per heavy atom. The molecule has 5 fully saturated rings. The van der Waals surface area contributed by atoms with Gasteiger partial charge in [0, 0.05) is 25.4 Å². The molecule has 15 atom stereocenters. The molecule has 6 rings (SSSR count). The van der Waals surface area contributed by atoms with E-state index in [0.717, 1.165) is 50.5 Å². The molecule has 1 saturated heterocycles. The minimum Gasteiger partial charge on any atom is -0.458 e. The fraction of sp³-hybridized carbons (Fsp3) is 0.886. The molecule has 0 amide bonds. The summed E-state index contributed by atoms with van der Waals surface area (Å²) in [6.45, 7) is 8.11. The summed E-state index contributed by atoms with van der Waals surface area (Å²) in [6, 6.07) is 0. The van der Waals surface area contributed by atoms with E-state index in [1.54, 1.807) is 0 Å². The lowest BCUT2D eigenvalue weighted by Crippen LogP contribution is -2.61. The Hall–Kier alpha value is -1.40. The third-order valence-corrected chi connectivity index (χ3v) is 13.8. The fourth-order valence-electron chi connectivity index (χ4n) is 11.1. The maximum atomic E-state index is 13.5. The molecular formula is C35H54O10. The number of hydrogen-bond acceptors (Lipinski definition) is 10. The first kappa shape index (κ1) is 33.5. The number of esters is 1. The molecule has 4 saturated carbocycles. The third kappa shape index (κ3) is 5.35. The second-order valence-corrected chi connectivity index (χ2v) is 15.6. The van der Waals surface area contributed by atoms with Gasteiger partial charge < -0.3 is 39.4 Å². The molecule has 0 aromatic rings. The second kappa shape index (κ2) is 12.6. The lowest BCUT2D eigenvalue weighted by atomic mass is 9.43. The topological polar surface area (TPSA) is 152 Å². The average Bonchev–Trinajstić information content (AvgIpc) is 3.37. The number of carbonyl (C=O) groups excluding carboxylic acids is 2. The molecule has 15 unspecified atom stereocenters. The molecule has 10 nitrogen and oxygen atoms in total. The third-order valence-electron chi connectivity index (χ3n) is 13.8. The van der Waals surface area contributed by atoms with E-state index in [1.165, 1.54) is 0 Å². The molecule has 0 aromatic carbocycles. The van der Waals surface area contributed by atoms with Gasteiger partial charge in [-0.1, -0.05) is 26.3 Å². The smallest absolute Gasteiger partial charge is 0.336 e. The van der Waals surface area contributed by atoms with Crippen molar-refractivity contribution in [2.45, 2.75) is 128 Å². The first-order chi connectivity index (χ1) is 21.4. The van der Waals surface area contributed by atoms with Gasteiger partial charge in [0.1, 0.15) is 36.3 Å². The number of methoxy groups -OCH3 is 1. The van der Waals surface area contributed by atoms with Crippen molar-refractivity contribution in [3.63, 3.8) is 0 Å². The molecule has 2 aliphatic heterocycles. The summed E-state index contributed by atoms with van der Waals surface area (Å²) >= 11 is 0. The molecule has 0 spiro atoms. The van der Waals surface area contributed by atoms with Crippen LogP contribution in [0.2, 0.25) is 0 Å². The van der Waals surface area contributed by atoms with E-state index in [9.17, 15) is 30.0 Å². The lowest BCUT2D eigenvalue weighted by molar-refractivity contribution is -0.299. The number of ether oxygens (including phenoxy) is 4. The van der Waals surface area contributed by atoms with Crippen LogP contribution in [-0.4, -0.2) is 95.4 Å². The number of hydrogen-bond donors (Lipinski definition) is 4. The highest BCUT2D eigenvalue weighted by atomic mass is 16.7. The van der Waals surface area contributed by atoms with Gasteiger partial charge in [-0.3, -0.25) is 4.79 Å². The van der Waals surface area contributed by atoms with E-state index < -0.39 is 43.3 Å². The molecule has 45 heavy (non-hydrogen) atoms. The molecule has 0 aromatic heterocycles. The van der Waals surface area contributed by atoms with Gasteiger partial charge in [-0.15, -0.1) is 0 Å². The minimum absolute atomic E-state index is 0.0782. The molecule has 0 bridgehead atoms. The predicted molar refractivity (Wildman–Crippen MR) is 162 cm³/mol. The number of aliphatic hydroxyl groups is 4. The first-order valence-electron chi connectivity index (χ1n) is 17.2. The van der Waals surface area contributed by atoms with Gasteiger partial charge >= 0.3 is 5.97 Å². The van der Waals surface area contributed by atoms with Crippen LogP contribution in [-0.2, 0) is 28.5 Å². The van der Waals surface area contributed by atoms with Gasteiger partial charge in [0.25, 0.3) is 0 Å². The standard InChI is InChI=1S/C35H54O10/c1-17-13-24(44-32(41)20(17)16-43-33-31(40)30(39)29(38)26(15-36)45-33)18(2)21-9-10-22-28-23(11-12-34(21,22)3)35(4)19(14-25(28)42-5)7-6-8-27(35)37/h18-19,21-26,28-31,33,36,38-40H,6-16H2,1-5H3. The van der Waals surface area contributed by atoms with Crippen molar-refractivity contribution in [3.8, 4) is 0 Å². The quantitative estimate of drug-likeness (QED) is 0.308. The maximum Gasteiger partial charge on any atom is 0.336 e. The summed E-state index contributed by atoms with van der Waals surface area (Å²) in [4.78, 5) is 26.8. The Morgan fingerprint density at radius 2 is 1.78 bits per heavy atom. The van der Waals surface area contributed by atoms with Crippen LogP contribution in [0, 0.1) is 46.3 Å². The number of rotatable bonds is 7. The first-order valence-corrected chi connectivity index (χ1v) is 17.2. The Balaban J connectivity index is 1.14. The van der Waals surface area contributed by atoms with Crippen molar-refractivity contribution < 1.29 is 49.0 Å². The molecule has 6 aliphatic rings. The van der Waals surface area contributed by atoms with Crippen molar-refractivity contribution in [1.82, 2.24) is 0 Å². The van der Waals surface area contributed by atoms with E-state index in [4.69, 9.17) is 18.9 Å². The van der Waals surface area contributed by atoms with Crippen LogP contribution in [0.25, 0.3) is 0 Å². The summed E-state index contributed by atoms with van der Waals surface area (Å²) in [5, 5.41) is 39.9. The number of Topliss-reactive ketones (excluding diaryl/α,β-unsaturated/α-hetero) is 1. The van der Waals surface area contributed by atoms with Crippen LogP contribution in [0.1, 0.15) is 85.5 Å². The zero-order chi connectivity index (χ0) is 32.4. The normalized spacial score (nSPS) is 49.2. The van der Waals surface area contributed by atoms with Gasteiger partial charge in [-0.05, 0) is 92.8 Å². The average molecular weight is 635 g/mol. The second-order valence-electron chi connectivity index (χ2n) is 15.6. The lowest BCUT2D eigenvalue weighted by Gasteiger charge is -2.61. The van der Waals surface area contributed by atoms with Crippen molar-refractivity contribution in [2.75, 3.05) is 20.3 Å². The van der Waals surface area contributed by atoms with Crippen LogP contribution in [0.5, 0.6) is 0 Å². The van der Waals surface area contributed by atoms with Crippen molar-refractivity contribution in [2.24, 2.45) is 46.3 Å². The van der Waals surface area contributed by atoms with E-state index in [0.29, 0.717) is 53.8 Å². The van der Waals surface area contributed by atoms with Crippen LogP contribution in [0.15, 0.2) is 11.1 Å². The molecule has 0 radical (unpaired) electrons. The minimum atomic E-state index is -1.55. The van der Waals surface area contributed by atoms with Crippen LogP contribution in [0.4, 0.5) is 0 Å². The molecule has 4 N–H and O–H groups in total. The van der Waals surface area contributed by atoms with Crippen molar-refractivity contribution in [1.29, 1.82) is 0 Å². The molecule has 4 aliphatic carbocycles. The number of aliphatic hydroxyl groups excluding tert-OH is 4. The SMILES string of the molecule is COC1CC2CCCC(=O)C2(C)C2CCC3(C)C(C(C)C4CC(C)=C(COC5OC(CO)C(O)C(O)C5O)C(=O)O4)CCC3C12. The summed E-state index contributed by atoms with van der Waals surface area (Å²) in [6.07, 6.45) is 1.66. The molecular weight excluding hydrogens is 580 g/mol. The summed E-state index contributed by atoms with van der Waals surface area (Å²) in [5.74, 6) is 2.17. The van der Waals surface area contributed by atoms with E-state index >= 15 is 0 Å². The number of cyclic esters (lactones) is 1. The van der Waals surface area contributed by atoms with Gasteiger partial charge in [-0.25, -0.2) is 4.79 Å². The van der Waals surface area contributed by atoms with Crippen molar-refractivity contribution >= 4 is 11.8 Å². The number of ketones is 1. The Labute approximate surface area is 266 Å². The van der Waals surface area contributed by atoms with E-state index in [-0.39, 0.29) is 35.6 Å². The summed E-state index contributed by atoms with van der Waals surface area (Å²) in [7, 11) is 1.85. The highest BCUT2D eigenvalue weighted by Gasteiger charge is 2.65. The van der Waals surface area contributed by atoms with Gasteiger partial charge in [0.2, 0.25) is 0 Å². The Morgan fingerprint density at radius 1 is 1.02 bits per heavy atom. The molecule has 10 heteroatoms.